The fraction of sp³-hybridized carbons (Fsp3) is 0. The highest BCUT2D eigenvalue weighted by Gasteiger charge is 2.23. The Kier molecular flexibility index (Phi) is 2.59. The predicted octanol–water partition coefficient (Wildman–Crippen LogP) is 13.2. The first kappa shape index (κ1) is 10.6. The lowest BCUT2D eigenvalue weighted by Crippen LogP contribution is -2.12. The van der Waals surface area contributed by atoms with Crippen molar-refractivity contribution in [1.29, 1.82) is 0 Å². The summed E-state index contributed by atoms with van der Waals surface area (Å²) in [7, 11) is 0. The maximum atomic E-state index is 10.3. The minimum absolute atomic E-state index is 0.357. The number of rotatable bonds is 6. The lowest BCUT2D eigenvalue weighted by molar-refractivity contribution is 0.673. The molecule has 48 heavy (non-hydrogen) atoms. The zero-order chi connectivity index (χ0) is 58.8. The van der Waals surface area contributed by atoms with Crippen LogP contribution in [-0.4, -0.2) is 0 Å². The van der Waals surface area contributed by atoms with Crippen LogP contribution in [-0.2, 0) is 0 Å². The van der Waals surface area contributed by atoms with Crippen LogP contribution in [0.5, 0.6) is 0 Å². The van der Waals surface area contributed by atoms with Crippen LogP contribution >= 0.6 is 0 Å². The van der Waals surface area contributed by atoms with Crippen LogP contribution in [0.25, 0.3) is 66.1 Å². The van der Waals surface area contributed by atoms with Gasteiger partial charge in [-0.15, -0.1) is 0 Å². The van der Waals surface area contributed by atoms with E-state index in [0.717, 1.165) is 0 Å². The quantitative estimate of drug-likeness (QED) is 0.179. The van der Waals surface area contributed by atoms with E-state index < -0.39 is 270 Å². The van der Waals surface area contributed by atoms with Crippen LogP contribution in [0.4, 0.5) is 17.1 Å². The van der Waals surface area contributed by atoms with Crippen LogP contribution in [0.1, 0.15) is 42.5 Å². The molecule has 0 unspecified atom stereocenters. The Morgan fingerprint density at radius 3 is 1.65 bits per heavy atom. The van der Waals surface area contributed by atoms with Crippen molar-refractivity contribution in [3.05, 3.63) is 187 Å². The molecule has 8 aromatic carbocycles. The molecule has 0 aliphatic carbocycles. The van der Waals surface area contributed by atoms with Gasteiger partial charge in [0.05, 0.1) is 53.9 Å². The molecule has 0 amide bonds. The van der Waals surface area contributed by atoms with E-state index in [4.69, 9.17) is 33.2 Å². The maximum absolute atomic E-state index is 10.3. The number of furan rings is 1. The van der Waals surface area contributed by atoms with E-state index in [1.807, 2.05) is 0 Å². The molecule has 2 heteroatoms. The van der Waals surface area contributed by atoms with Gasteiger partial charge in [0.15, 0.2) is 0 Å². The maximum Gasteiger partial charge on any atom is 0.143 e. The van der Waals surface area contributed by atoms with Crippen LogP contribution in [0.3, 0.4) is 0 Å². The average molecular weight is 645 g/mol. The van der Waals surface area contributed by atoms with Gasteiger partial charge in [-0.3, -0.25) is 0 Å². The first-order valence-corrected chi connectivity index (χ1v) is 13.8. The number of anilines is 3. The zero-order valence-corrected chi connectivity index (χ0v) is 23.9. The van der Waals surface area contributed by atoms with Gasteiger partial charge in [-0.2, -0.15) is 0 Å². The number of nitrogens with zero attached hydrogens (tertiary/aromatic N) is 1. The molecule has 1 heterocycles. The lowest BCUT2D eigenvalue weighted by Gasteiger charge is -2.29. The van der Waals surface area contributed by atoms with Crippen molar-refractivity contribution in [2.24, 2.45) is 0 Å². The molecule has 0 saturated carbocycles. The molecule has 0 spiro atoms. The minimum atomic E-state index is -1.34. The molecule has 0 radical (unpaired) electrons. The Morgan fingerprint density at radius 1 is 0.396 bits per heavy atom. The molecule has 0 N–H and O–H groups in total. The average Bonchev–Trinajstić information content (AvgIpc) is 4.09. The molecule has 1 aromatic heterocycles. The Balaban J connectivity index is 1.67. The summed E-state index contributed by atoms with van der Waals surface area (Å²) in [5.41, 5.74) is -10.7. The third-order valence-corrected chi connectivity index (χ3v) is 7.12. The molecular formula is C46H31NO. The van der Waals surface area contributed by atoms with E-state index in [2.05, 4.69) is 0 Å². The molecule has 0 bridgehead atoms. The van der Waals surface area contributed by atoms with E-state index in [1.165, 1.54) is 0 Å². The van der Waals surface area contributed by atoms with Crippen LogP contribution in [0.2, 0.25) is 0 Å². The number of fused-ring (bicyclic) bond motifs is 5. The predicted molar refractivity (Wildman–Crippen MR) is 202 cm³/mol. The fourth-order valence-corrected chi connectivity index (χ4v) is 5.12. The van der Waals surface area contributed by atoms with Crippen molar-refractivity contribution in [2.45, 2.75) is 0 Å². The molecule has 2 nitrogen and oxygen atoms in total. The molecule has 0 atom stereocenters. The van der Waals surface area contributed by atoms with E-state index in [9.17, 15) is 13.7 Å². The van der Waals surface area contributed by atoms with E-state index in [1.54, 1.807) is 0 Å². The number of hydrogen-bond acceptors (Lipinski definition) is 2. The van der Waals surface area contributed by atoms with Gasteiger partial charge < -0.3 is 9.32 Å². The second-order valence-corrected chi connectivity index (χ2v) is 9.77. The highest BCUT2D eigenvalue weighted by atomic mass is 16.3. The molecule has 0 aliphatic rings. The smallest absolute Gasteiger partial charge is 0.143 e. The van der Waals surface area contributed by atoms with Crippen molar-refractivity contribution in [2.75, 3.05) is 4.90 Å². The molecule has 9 rings (SSSR count). The van der Waals surface area contributed by atoms with E-state index in [0.29, 0.717) is 4.90 Å². The molecule has 9 aromatic rings. The van der Waals surface area contributed by atoms with Crippen LogP contribution in [0.15, 0.2) is 192 Å². The van der Waals surface area contributed by atoms with Gasteiger partial charge in [-0.05, 0) is 58.0 Å². The van der Waals surface area contributed by atoms with Crippen molar-refractivity contribution in [1.82, 2.24) is 0 Å². The first-order chi connectivity index (χ1) is 36.7. The minimum Gasteiger partial charge on any atom is -0.455 e. The van der Waals surface area contributed by atoms with E-state index in [-0.39, 0.29) is 0 Å². The topological polar surface area (TPSA) is 16.4 Å². The van der Waals surface area contributed by atoms with Gasteiger partial charge in [-0.25, -0.2) is 0 Å². The molecule has 226 valence electrons. The monoisotopic (exact) mass is 644 g/mol. The third kappa shape index (κ3) is 4.74. The van der Waals surface area contributed by atoms with Crippen molar-refractivity contribution in [3.63, 3.8) is 0 Å². The summed E-state index contributed by atoms with van der Waals surface area (Å²) in [6.07, 6.45) is 0. The van der Waals surface area contributed by atoms with Crippen molar-refractivity contribution in [3.8, 4) is 33.4 Å². The van der Waals surface area contributed by atoms with Gasteiger partial charge in [0, 0.05) is 32.8 Å². The second kappa shape index (κ2) is 11.8. The summed E-state index contributed by atoms with van der Waals surface area (Å²) in [6, 6.07) is -33.7. The first-order valence-electron chi connectivity index (χ1n) is 29.3. The summed E-state index contributed by atoms with van der Waals surface area (Å²) < 4.78 is 284. The van der Waals surface area contributed by atoms with E-state index >= 15 is 0 Å². The molecule has 0 fully saturated rings. The number of benzene rings is 8. The van der Waals surface area contributed by atoms with Crippen molar-refractivity contribution < 1.29 is 46.9 Å². The normalized spacial score (nSPS) is 20.4. The number of para-hydroxylation sites is 1. The Labute approximate surface area is 323 Å². The summed E-state index contributed by atoms with van der Waals surface area (Å²) in [4.78, 5) is 0.357. The van der Waals surface area contributed by atoms with Gasteiger partial charge in [0.2, 0.25) is 0 Å². The van der Waals surface area contributed by atoms with Gasteiger partial charge >= 0.3 is 0 Å². The van der Waals surface area contributed by atoms with Gasteiger partial charge in [0.1, 0.15) is 11.2 Å². The largest absolute Gasteiger partial charge is 0.455 e. The molecule has 0 aliphatic heterocycles. The van der Waals surface area contributed by atoms with Crippen LogP contribution in [0, 0.1) is 0 Å². The second-order valence-electron chi connectivity index (χ2n) is 9.77. The third-order valence-electron chi connectivity index (χ3n) is 7.12. The standard InChI is InChI=1S/C46H31NO/c1-4-15-32(16-5-1)33-27-29-36(30-28-33)47(42-25-13-12-21-37(42)34-17-6-2-7-18-34)43-31-41-45-38(35-19-8-3-9-20-35)24-14-26-44(45)48-46(41)40-23-11-10-22-39(40)43/h1-31H/i1D,2D,3D,4D,5D,6D,7D,8D,9D,10D,11D,12D,13D,14D,15D,16D,17D,18D,19D,20D,21D,22D,23D,24D,25D,26D,27D,28D,29D,30D,31D. The summed E-state index contributed by atoms with van der Waals surface area (Å²) in [5, 5.41) is -3.25. The Morgan fingerprint density at radius 2 is 0.938 bits per heavy atom. The molecule has 0 saturated heterocycles. The number of hydrogen-bond donors (Lipinski definition) is 0. The van der Waals surface area contributed by atoms with Crippen molar-refractivity contribution >= 4 is 49.8 Å². The highest BCUT2D eigenvalue weighted by Crippen LogP contribution is 2.48. The summed E-state index contributed by atoms with van der Waals surface area (Å²) >= 11 is 0. The highest BCUT2D eigenvalue weighted by molar-refractivity contribution is 6.22. The molecular weight excluding hydrogens is 583 g/mol. The van der Waals surface area contributed by atoms with Crippen LogP contribution < -0.4 is 4.90 Å². The lowest BCUT2D eigenvalue weighted by atomic mass is 9.96. The SMILES string of the molecule is [2H]c1c([2H])c([2H])c(-c2c([2H])c([2H])c(N(c3c([2H])c([2H])c([2H])c([2H])c3-c3c([2H])c([2H])c([2H])c([2H])c3[2H])c3c([2H])c4c(oc5c([2H])c([2H])c([2H])c(-c6c([2H])c([2H])c([2H])c([2H])c6[2H])c54)c4c([2H])c([2H])c([2H])c([2H])c34)c([2H])c2[2H])c([2H])c1[2H]. The summed E-state index contributed by atoms with van der Waals surface area (Å²) in [6.45, 7) is 0. The van der Waals surface area contributed by atoms with Gasteiger partial charge in [-0.1, -0.05) is 157 Å². The van der Waals surface area contributed by atoms with Gasteiger partial charge in [0.25, 0.3) is 0 Å². The fourth-order valence-electron chi connectivity index (χ4n) is 5.12. The summed E-state index contributed by atoms with van der Waals surface area (Å²) in [5.74, 6) is 0. The zero-order valence-electron chi connectivity index (χ0n) is 54.9. The Bertz CT molecular complexity index is 4220. The Hall–Kier alpha value is -6.38.